The zero-order valence-electron chi connectivity index (χ0n) is 9.15. The molecule has 6 heteroatoms. The molecule has 0 saturated heterocycles. The number of nitrogens with two attached hydrogens (primary N) is 1. The summed E-state index contributed by atoms with van der Waals surface area (Å²) < 4.78 is 26.5. The summed E-state index contributed by atoms with van der Waals surface area (Å²) in [6.07, 6.45) is 5.23. The summed E-state index contributed by atoms with van der Waals surface area (Å²) in [7, 11) is -3.55. The van der Waals surface area contributed by atoms with Crippen LogP contribution in [0.15, 0.2) is 16.3 Å². The number of rotatable bonds is 4. The second-order valence-corrected chi connectivity index (χ2v) is 6.88. The molecular weight excluding hydrogens is 244 g/mol. The predicted molar refractivity (Wildman–Crippen MR) is 65.4 cm³/mol. The Hall–Kier alpha value is -0.870. The monoisotopic (exact) mass is 258 g/mol. The van der Waals surface area contributed by atoms with Crippen molar-refractivity contribution in [1.29, 1.82) is 0 Å². The van der Waals surface area contributed by atoms with E-state index in [1.165, 1.54) is 6.07 Å². The van der Waals surface area contributed by atoms with Crippen LogP contribution in [0.5, 0.6) is 0 Å². The fourth-order valence-electron chi connectivity index (χ4n) is 1.03. The minimum absolute atomic E-state index is 0.233. The highest BCUT2D eigenvalue weighted by atomic mass is 32.2. The largest absolute Gasteiger partial charge is 0.326 e. The van der Waals surface area contributed by atoms with E-state index in [0.29, 0.717) is 6.54 Å². The first-order valence-corrected chi connectivity index (χ1v) is 6.91. The van der Waals surface area contributed by atoms with Gasteiger partial charge in [0.25, 0.3) is 10.0 Å². The van der Waals surface area contributed by atoms with E-state index in [4.69, 9.17) is 12.2 Å². The van der Waals surface area contributed by atoms with Crippen molar-refractivity contribution in [3.8, 4) is 12.3 Å². The van der Waals surface area contributed by atoms with Crippen LogP contribution in [0.25, 0.3) is 0 Å². The van der Waals surface area contributed by atoms with Crippen molar-refractivity contribution in [2.45, 2.75) is 30.1 Å². The molecule has 1 heterocycles. The molecule has 0 aliphatic carbocycles. The van der Waals surface area contributed by atoms with Crippen LogP contribution in [0.3, 0.4) is 0 Å². The van der Waals surface area contributed by atoms with Crippen molar-refractivity contribution in [2.75, 3.05) is 0 Å². The van der Waals surface area contributed by atoms with Gasteiger partial charge in [0.15, 0.2) is 0 Å². The lowest BCUT2D eigenvalue weighted by atomic mass is 10.1. The molecule has 4 nitrogen and oxygen atoms in total. The summed E-state index contributed by atoms with van der Waals surface area (Å²) in [5.74, 6) is 2.38. The average molecular weight is 258 g/mol. The third-order valence-corrected chi connectivity index (χ3v) is 5.11. The van der Waals surface area contributed by atoms with Gasteiger partial charge in [0.2, 0.25) is 0 Å². The van der Waals surface area contributed by atoms with Gasteiger partial charge in [-0.05, 0) is 26.0 Å². The van der Waals surface area contributed by atoms with Gasteiger partial charge in [-0.1, -0.05) is 5.92 Å². The summed E-state index contributed by atoms with van der Waals surface area (Å²) >= 11 is 1.15. The van der Waals surface area contributed by atoms with Crippen LogP contribution in [-0.2, 0) is 16.6 Å². The van der Waals surface area contributed by atoms with Gasteiger partial charge in [0.05, 0.1) is 5.54 Å². The molecule has 0 atom stereocenters. The maximum atomic E-state index is 11.9. The number of thiophene rings is 1. The van der Waals surface area contributed by atoms with Crippen molar-refractivity contribution >= 4 is 21.4 Å². The van der Waals surface area contributed by atoms with Crippen LogP contribution in [0.2, 0.25) is 0 Å². The van der Waals surface area contributed by atoms with Gasteiger partial charge in [-0.25, -0.2) is 8.42 Å². The van der Waals surface area contributed by atoms with E-state index in [0.717, 1.165) is 16.2 Å². The summed E-state index contributed by atoms with van der Waals surface area (Å²) in [6.45, 7) is 3.59. The SMILES string of the molecule is C#CC(C)(C)NS(=O)(=O)c1ccc(CN)s1. The number of nitrogens with one attached hydrogen (secondary N) is 1. The molecule has 0 fully saturated rings. The zero-order valence-corrected chi connectivity index (χ0v) is 10.8. The van der Waals surface area contributed by atoms with E-state index in [-0.39, 0.29) is 4.21 Å². The molecule has 3 N–H and O–H groups in total. The van der Waals surface area contributed by atoms with Gasteiger partial charge >= 0.3 is 0 Å². The van der Waals surface area contributed by atoms with Crippen LogP contribution in [0.1, 0.15) is 18.7 Å². The van der Waals surface area contributed by atoms with E-state index >= 15 is 0 Å². The zero-order chi connectivity index (χ0) is 12.4. The van der Waals surface area contributed by atoms with Gasteiger partial charge < -0.3 is 5.73 Å². The fourth-order valence-corrected chi connectivity index (χ4v) is 3.61. The maximum absolute atomic E-state index is 11.9. The molecule has 1 aromatic rings. The first-order chi connectivity index (χ1) is 7.30. The Kier molecular flexibility index (Phi) is 3.76. The molecule has 1 aromatic heterocycles. The Morgan fingerprint density at radius 2 is 2.19 bits per heavy atom. The Morgan fingerprint density at radius 3 is 2.62 bits per heavy atom. The van der Waals surface area contributed by atoms with E-state index in [2.05, 4.69) is 10.6 Å². The van der Waals surface area contributed by atoms with Gasteiger partial charge in [0, 0.05) is 11.4 Å². The van der Waals surface area contributed by atoms with Crippen molar-refractivity contribution < 1.29 is 8.42 Å². The van der Waals surface area contributed by atoms with E-state index < -0.39 is 15.6 Å². The quantitative estimate of drug-likeness (QED) is 0.788. The molecule has 0 aromatic carbocycles. The predicted octanol–water partition coefficient (Wildman–Crippen LogP) is 0.897. The lowest BCUT2D eigenvalue weighted by Gasteiger charge is -2.18. The molecule has 0 aliphatic rings. The van der Waals surface area contributed by atoms with E-state index in [1.54, 1.807) is 19.9 Å². The van der Waals surface area contributed by atoms with Crippen LogP contribution >= 0.6 is 11.3 Å². The van der Waals surface area contributed by atoms with Crippen molar-refractivity contribution in [1.82, 2.24) is 4.72 Å². The number of hydrogen-bond acceptors (Lipinski definition) is 4. The molecule has 0 saturated carbocycles. The third kappa shape index (κ3) is 3.06. The molecule has 0 spiro atoms. The number of terminal acetylenes is 1. The van der Waals surface area contributed by atoms with Crippen LogP contribution in [-0.4, -0.2) is 14.0 Å². The summed E-state index contributed by atoms with van der Waals surface area (Å²) in [5.41, 5.74) is 4.53. The lowest BCUT2D eigenvalue weighted by molar-refractivity contribution is 0.541. The highest BCUT2D eigenvalue weighted by Crippen LogP contribution is 2.22. The summed E-state index contributed by atoms with van der Waals surface area (Å²) in [4.78, 5) is 0.818. The topological polar surface area (TPSA) is 72.2 Å². The van der Waals surface area contributed by atoms with Crippen LogP contribution in [0, 0.1) is 12.3 Å². The van der Waals surface area contributed by atoms with Gasteiger partial charge in [-0.2, -0.15) is 4.72 Å². The molecule has 1 rings (SSSR count). The first kappa shape index (κ1) is 13.2. The lowest BCUT2D eigenvalue weighted by Crippen LogP contribution is -2.41. The normalized spacial score (nSPS) is 12.4. The first-order valence-electron chi connectivity index (χ1n) is 4.61. The highest BCUT2D eigenvalue weighted by molar-refractivity contribution is 7.91. The maximum Gasteiger partial charge on any atom is 0.251 e. The van der Waals surface area contributed by atoms with Gasteiger partial charge in [-0.15, -0.1) is 17.8 Å². The fraction of sp³-hybridized carbons (Fsp3) is 0.400. The standard InChI is InChI=1S/C10H14N2O2S2/c1-4-10(2,3)12-16(13,14)9-6-5-8(7-11)15-9/h1,5-6,12H,7,11H2,2-3H3. The second-order valence-electron chi connectivity index (χ2n) is 3.80. The Balaban J connectivity index is 3.00. The molecule has 16 heavy (non-hydrogen) atoms. The second kappa shape index (κ2) is 4.55. The molecule has 0 amide bonds. The highest BCUT2D eigenvalue weighted by Gasteiger charge is 2.25. The number of sulfonamides is 1. The van der Waals surface area contributed by atoms with Gasteiger partial charge in [-0.3, -0.25) is 0 Å². The van der Waals surface area contributed by atoms with Gasteiger partial charge in [0.1, 0.15) is 4.21 Å². The van der Waals surface area contributed by atoms with E-state index in [9.17, 15) is 8.42 Å². The number of hydrogen-bond donors (Lipinski definition) is 2. The molecule has 88 valence electrons. The Labute approximate surface area is 99.9 Å². The average Bonchev–Trinajstić information content (AvgIpc) is 2.65. The van der Waals surface area contributed by atoms with Crippen molar-refractivity contribution in [2.24, 2.45) is 5.73 Å². The molecule has 0 aliphatic heterocycles. The molecule has 0 bridgehead atoms. The van der Waals surface area contributed by atoms with Crippen molar-refractivity contribution in [3.63, 3.8) is 0 Å². The van der Waals surface area contributed by atoms with Crippen LogP contribution < -0.4 is 10.5 Å². The Bertz CT molecular complexity index is 509. The van der Waals surface area contributed by atoms with Crippen LogP contribution in [0.4, 0.5) is 0 Å². The summed E-state index contributed by atoms with van der Waals surface area (Å²) in [6, 6.07) is 3.23. The summed E-state index contributed by atoms with van der Waals surface area (Å²) in [5, 5.41) is 0. The third-order valence-electron chi connectivity index (χ3n) is 1.85. The molecule has 0 radical (unpaired) electrons. The molecule has 0 unspecified atom stereocenters. The molecular formula is C10H14N2O2S2. The van der Waals surface area contributed by atoms with E-state index in [1.807, 2.05) is 0 Å². The smallest absolute Gasteiger partial charge is 0.251 e. The minimum atomic E-state index is -3.55. The van der Waals surface area contributed by atoms with Crippen molar-refractivity contribution in [3.05, 3.63) is 17.0 Å². The minimum Gasteiger partial charge on any atom is -0.326 e. The Morgan fingerprint density at radius 1 is 1.56 bits per heavy atom.